The summed E-state index contributed by atoms with van der Waals surface area (Å²) in [5.74, 6) is -1.63. The van der Waals surface area contributed by atoms with Crippen LogP contribution in [0.2, 0.25) is 20.1 Å². The molecule has 0 aromatic heterocycles. The van der Waals surface area contributed by atoms with E-state index in [0.717, 1.165) is 33.6 Å². The number of nitrogens with zero attached hydrogens (tertiary/aromatic N) is 2. The average molecular weight is 795 g/mol. The van der Waals surface area contributed by atoms with Gasteiger partial charge in [-0.15, -0.1) is 0 Å². The van der Waals surface area contributed by atoms with Crippen molar-refractivity contribution in [2.24, 2.45) is 11.8 Å². The number of aryl methyl sites for hydroxylation is 2. The van der Waals surface area contributed by atoms with Crippen LogP contribution in [0.5, 0.6) is 0 Å². The van der Waals surface area contributed by atoms with Crippen LogP contribution in [0, 0.1) is 25.7 Å². The highest BCUT2D eigenvalue weighted by Gasteiger charge is 2.57. The predicted octanol–water partition coefficient (Wildman–Crippen LogP) is 12.9. The summed E-state index contributed by atoms with van der Waals surface area (Å²) in [4.78, 5) is 30.3. The van der Waals surface area contributed by atoms with E-state index in [9.17, 15) is 0 Å². The molecule has 272 valence electrons. The standard InChI is InChI=1S/C45H36Cl4N2O3/c1-27-13-17-29(18-14-27)44-39(41(35-23-21-31(46)25-37(35)48)50(53-44)33-9-5-3-6-10-33)43(52)40-42(36-24-22-32(47)26-38(36)49)51(34-11-7-4-8-12-34)54-45(40)30-19-15-28(2)16-20-30/h3-26,39-42,44-45H,1-2H3/t39-,40+,41+,42-,44-,45+. The molecule has 0 amide bonds. The molecule has 2 heterocycles. The van der Waals surface area contributed by atoms with Crippen LogP contribution in [0.25, 0.3) is 0 Å². The van der Waals surface area contributed by atoms with Gasteiger partial charge in [-0.1, -0.05) is 155 Å². The molecule has 6 aromatic carbocycles. The highest BCUT2D eigenvalue weighted by Crippen LogP contribution is 2.57. The Morgan fingerprint density at radius 1 is 0.500 bits per heavy atom. The summed E-state index contributed by atoms with van der Waals surface area (Å²) in [5, 5.41) is 5.51. The van der Waals surface area contributed by atoms with E-state index in [-0.39, 0.29) is 5.78 Å². The Bertz CT molecular complexity index is 2110. The lowest BCUT2D eigenvalue weighted by Crippen LogP contribution is -2.37. The van der Waals surface area contributed by atoms with Gasteiger partial charge in [-0.2, -0.15) is 0 Å². The zero-order chi connectivity index (χ0) is 37.5. The number of para-hydroxylation sites is 2. The summed E-state index contributed by atoms with van der Waals surface area (Å²) in [6.45, 7) is 4.07. The molecule has 0 unspecified atom stereocenters. The lowest BCUT2D eigenvalue weighted by atomic mass is 9.73. The van der Waals surface area contributed by atoms with Gasteiger partial charge in [0, 0.05) is 20.1 Å². The van der Waals surface area contributed by atoms with E-state index in [0.29, 0.717) is 31.2 Å². The second-order valence-corrected chi connectivity index (χ2v) is 15.6. The van der Waals surface area contributed by atoms with Crippen molar-refractivity contribution in [3.63, 3.8) is 0 Å². The monoisotopic (exact) mass is 792 g/mol. The fraction of sp³-hybridized carbons (Fsp3) is 0.178. The maximum atomic E-state index is 16.3. The molecule has 0 aliphatic carbocycles. The van der Waals surface area contributed by atoms with Crippen LogP contribution in [0.4, 0.5) is 11.4 Å². The number of hydrogen-bond donors (Lipinski definition) is 0. The first-order valence-electron chi connectivity index (χ1n) is 17.8. The zero-order valence-corrected chi connectivity index (χ0v) is 32.5. The number of benzene rings is 6. The number of Topliss-reactive ketones (excluding diaryl/α,β-unsaturated/α-hetero) is 1. The van der Waals surface area contributed by atoms with Crippen LogP contribution in [0.3, 0.4) is 0 Å². The van der Waals surface area contributed by atoms with E-state index < -0.39 is 36.1 Å². The van der Waals surface area contributed by atoms with E-state index in [4.69, 9.17) is 56.1 Å². The van der Waals surface area contributed by atoms with Gasteiger partial charge in [0.25, 0.3) is 0 Å². The molecule has 2 aliphatic heterocycles. The summed E-state index contributed by atoms with van der Waals surface area (Å²) >= 11 is 27.1. The van der Waals surface area contributed by atoms with Gasteiger partial charge in [-0.3, -0.25) is 14.5 Å². The van der Waals surface area contributed by atoms with Gasteiger partial charge in [0.05, 0.1) is 35.3 Å². The molecule has 9 heteroatoms. The summed E-state index contributed by atoms with van der Waals surface area (Å²) in [6.07, 6.45) is -1.39. The van der Waals surface area contributed by atoms with E-state index in [1.54, 1.807) is 24.3 Å². The quantitative estimate of drug-likeness (QED) is 0.154. The van der Waals surface area contributed by atoms with Gasteiger partial charge >= 0.3 is 0 Å². The first-order valence-corrected chi connectivity index (χ1v) is 19.3. The van der Waals surface area contributed by atoms with Crippen molar-refractivity contribution in [1.29, 1.82) is 0 Å². The molecule has 0 bridgehead atoms. The minimum Gasteiger partial charge on any atom is -0.299 e. The lowest BCUT2D eigenvalue weighted by molar-refractivity contribution is -0.131. The van der Waals surface area contributed by atoms with E-state index >= 15 is 4.79 Å². The minimum atomic E-state index is -0.780. The van der Waals surface area contributed by atoms with Crippen LogP contribution in [0.15, 0.2) is 146 Å². The van der Waals surface area contributed by atoms with Crippen LogP contribution >= 0.6 is 46.4 Å². The Morgan fingerprint density at radius 2 is 0.870 bits per heavy atom. The average Bonchev–Trinajstić information content (AvgIpc) is 3.76. The van der Waals surface area contributed by atoms with Crippen molar-refractivity contribution in [2.45, 2.75) is 38.1 Å². The van der Waals surface area contributed by atoms with Gasteiger partial charge in [0.15, 0.2) is 0 Å². The molecular formula is C45H36Cl4N2O3. The Balaban J connectivity index is 1.37. The molecule has 2 saturated heterocycles. The maximum absolute atomic E-state index is 16.3. The van der Waals surface area contributed by atoms with E-state index in [1.807, 2.05) is 145 Å². The smallest absolute Gasteiger partial charge is 0.150 e. The topological polar surface area (TPSA) is 42.0 Å². The summed E-state index contributed by atoms with van der Waals surface area (Å²) in [7, 11) is 0. The van der Waals surface area contributed by atoms with Crippen LogP contribution in [-0.4, -0.2) is 5.78 Å². The molecule has 5 nitrogen and oxygen atoms in total. The molecule has 0 saturated carbocycles. The predicted molar refractivity (Wildman–Crippen MR) is 218 cm³/mol. The molecule has 54 heavy (non-hydrogen) atoms. The number of anilines is 2. The van der Waals surface area contributed by atoms with Crippen molar-refractivity contribution in [3.05, 3.63) is 199 Å². The third-order valence-corrected chi connectivity index (χ3v) is 11.5. The molecule has 0 spiro atoms. The van der Waals surface area contributed by atoms with Crippen molar-refractivity contribution in [2.75, 3.05) is 10.1 Å². The van der Waals surface area contributed by atoms with Gasteiger partial charge in [0.2, 0.25) is 0 Å². The van der Waals surface area contributed by atoms with Crippen molar-refractivity contribution in [1.82, 2.24) is 0 Å². The molecule has 0 radical (unpaired) electrons. The number of carbonyl (C=O) groups excluding carboxylic acids is 1. The first kappa shape index (κ1) is 36.6. The Morgan fingerprint density at radius 3 is 1.22 bits per heavy atom. The highest BCUT2D eigenvalue weighted by atomic mass is 35.5. The van der Waals surface area contributed by atoms with Gasteiger partial charge in [-0.25, -0.2) is 10.1 Å². The second-order valence-electron chi connectivity index (χ2n) is 13.9. The fourth-order valence-corrected chi connectivity index (χ4v) is 8.77. The third-order valence-electron chi connectivity index (χ3n) is 10.3. The molecule has 2 aliphatic rings. The van der Waals surface area contributed by atoms with Gasteiger partial charge in [0.1, 0.15) is 18.0 Å². The van der Waals surface area contributed by atoms with Crippen molar-refractivity contribution in [3.8, 4) is 0 Å². The van der Waals surface area contributed by atoms with E-state index in [1.165, 1.54) is 0 Å². The van der Waals surface area contributed by atoms with Gasteiger partial charge in [-0.05, 0) is 84.6 Å². The lowest BCUT2D eigenvalue weighted by Gasteiger charge is -2.32. The summed E-state index contributed by atoms with van der Waals surface area (Å²) in [6, 6.07) is 45.3. The molecule has 8 rings (SSSR count). The summed E-state index contributed by atoms with van der Waals surface area (Å²) in [5.41, 5.74) is 6.89. The molecular weight excluding hydrogens is 758 g/mol. The van der Waals surface area contributed by atoms with Crippen molar-refractivity contribution < 1.29 is 14.5 Å². The Kier molecular flexibility index (Phi) is 10.5. The first-order chi connectivity index (χ1) is 26.2. The SMILES string of the molecule is Cc1ccc([C@H]2ON(c3ccccc3)[C@@H](c3ccc(Cl)cc3Cl)[C@@H]2C(=O)[C@@H]2[C@@H](c3ccc(Cl)cc3Cl)N(c3ccccc3)O[C@H]2c2ccc(C)cc2)cc1. The maximum Gasteiger partial charge on any atom is 0.150 e. The van der Waals surface area contributed by atoms with Crippen LogP contribution in [0.1, 0.15) is 57.7 Å². The second kappa shape index (κ2) is 15.4. The third kappa shape index (κ3) is 7.01. The molecule has 6 aromatic rings. The van der Waals surface area contributed by atoms with Gasteiger partial charge < -0.3 is 0 Å². The number of rotatable bonds is 8. The molecule has 2 fully saturated rings. The number of halogens is 4. The normalized spacial score (nSPS) is 22.5. The molecule has 0 N–H and O–H groups in total. The molecule has 6 atom stereocenters. The number of hydrogen-bond acceptors (Lipinski definition) is 5. The van der Waals surface area contributed by atoms with E-state index in [2.05, 4.69) is 0 Å². The fourth-order valence-electron chi connectivity index (χ4n) is 7.73. The number of ketones is 1. The Hall–Kier alpha value is -4.33. The Labute approximate surface area is 335 Å². The van der Waals surface area contributed by atoms with Crippen molar-refractivity contribution >= 4 is 63.6 Å². The summed E-state index contributed by atoms with van der Waals surface area (Å²) < 4.78 is 0. The number of carbonyl (C=O) groups is 1. The minimum absolute atomic E-state index is 0.0740. The van der Waals surface area contributed by atoms with Crippen LogP contribution < -0.4 is 10.1 Å². The zero-order valence-electron chi connectivity index (χ0n) is 29.5. The number of hydroxylamine groups is 2. The highest BCUT2D eigenvalue weighted by molar-refractivity contribution is 6.35. The largest absolute Gasteiger partial charge is 0.299 e. The van der Waals surface area contributed by atoms with Crippen LogP contribution in [-0.2, 0) is 14.5 Å².